The topological polar surface area (TPSA) is 95.8 Å². The van der Waals surface area contributed by atoms with Crippen molar-refractivity contribution in [3.05, 3.63) is 70.3 Å². The number of anilines is 1. The minimum absolute atomic E-state index is 0.0561. The zero-order valence-corrected chi connectivity index (χ0v) is 15.6. The van der Waals surface area contributed by atoms with E-state index in [1.165, 1.54) is 12.1 Å². The van der Waals surface area contributed by atoms with Crippen molar-refractivity contribution >= 4 is 23.2 Å². The molecule has 1 saturated heterocycles. The van der Waals surface area contributed by atoms with E-state index in [-0.39, 0.29) is 17.5 Å². The van der Waals surface area contributed by atoms with Crippen LogP contribution in [-0.4, -0.2) is 53.9 Å². The van der Waals surface area contributed by atoms with Crippen molar-refractivity contribution in [2.45, 2.75) is 13.0 Å². The smallest absolute Gasteiger partial charge is 0.269 e. The van der Waals surface area contributed by atoms with E-state index < -0.39 is 11.0 Å². The molecular formula is C20H22N4O4. The zero-order valence-electron chi connectivity index (χ0n) is 15.6. The number of nitro benzene ring substituents is 1. The summed E-state index contributed by atoms with van der Waals surface area (Å²) >= 11 is 0. The van der Waals surface area contributed by atoms with Crippen LogP contribution in [-0.2, 0) is 4.79 Å². The number of non-ortho nitro benzene ring substituents is 1. The molecule has 0 saturated carbocycles. The molecule has 1 aliphatic heterocycles. The van der Waals surface area contributed by atoms with Crippen LogP contribution in [0, 0.1) is 10.1 Å². The molecule has 146 valence electrons. The van der Waals surface area contributed by atoms with Crippen molar-refractivity contribution in [2.75, 3.05) is 31.1 Å². The van der Waals surface area contributed by atoms with Crippen molar-refractivity contribution in [2.24, 2.45) is 0 Å². The second-order valence-electron chi connectivity index (χ2n) is 6.65. The fraction of sp³-hybridized carbons (Fsp3) is 0.300. The lowest BCUT2D eigenvalue weighted by atomic mass is 10.2. The molecule has 3 rings (SSSR count). The van der Waals surface area contributed by atoms with E-state index in [2.05, 4.69) is 10.2 Å². The molecule has 0 spiro atoms. The summed E-state index contributed by atoms with van der Waals surface area (Å²) in [7, 11) is 0. The number of nitrogens with zero attached hydrogens (tertiary/aromatic N) is 3. The summed E-state index contributed by atoms with van der Waals surface area (Å²) in [5, 5.41) is 13.5. The number of amides is 2. The highest BCUT2D eigenvalue weighted by molar-refractivity contribution is 5.97. The van der Waals surface area contributed by atoms with Gasteiger partial charge in [-0.1, -0.05) is 18.2 Å². The lowest BCUT2D eigenvalue weighted by Gasteiger charge is -2.37. The lowest BCUT2D eigenvalue weighted by molar-refractivity contribution is -0.384. The van der Waals surface area contributed by atoms with Gasteiger partial charge in [-0.2, -0.15) is 0 Å². The Balaban J connectivity index is 1.53. The molecule has 2 amide bonds. The third-order valence-corrected chi connectivity index (χ3v) is 4.77. The molecule has 0 aliphatic carbocycles. The third-order valence-electron chi connectivity index (χ3n) is 4.77. The third kappa shape index (κ3) is 4.46. The Bertz CT molecular complexity index is 846. The first-order valence-electron chi connectivity index (χ1n) is 9.10. The number of piperazine rings is 1. The van der Waals surface area contributed by atoms with Crippen LogP contribution in [0.2, 0.25) is 0 Å². The average molecular weight is 382 g/mol. The Morgan fingerprint density at radius 2 is 1.61 bits per heavy atom. The Hall–Kier alpha value is -3.42. The van der Waals surface area contributed by atoms with Gasteiger partial charge < -0.3 is 15.1 Å². The maximum atomic E-state index is 12.6. The lowest BCUT2D eigenvalue weighted by Crippen LogP contribution is -2.54. The fourth-order valence-corrected chi connectivity index (χ4v) is 3.18. The fourth-order valence-electron chi connectivity index (χ4n) is 3.18. The molecule has 1 N–H and O–H groups in total. The first kappa shape index (κ1) is 19.3. The summed E-state index contributed by atoms with van der Waals surface area (Å²) in [4.78, 5) is 39.0. The normalized spacial score (nSPS) is 15.0. The van der Waals surface area contributed by atoms with Crippen LogP contribution in [0.5, 0.6) is 0 Å². The molecule has 0 bridgehead atoms. The highest BCUT2D eigenvalue weighted by atomic mass is 16.6. The number of rotatable bonds is 5. The van der Waals surface area contributed by atoms with Crippen LogP contribution in [0.1, 0.15) is 17.3 Å². The second-order valence-corrected chi connectivity index (χ2v) is 6.65. The number of benzene rings is 2. The Kier molecular flexibility index (Phi) is 5.88. The van der Waals surface area contributed by atoms with Crippen LogP contribution in [0.3, 0.4) is 0 Å². The molecule has 0 radical (unpaired) electrons. The molecule has 2 aromatic carbocycles. The van der Waals surface area contributed by atoms with Gasteiger partial charge in [0, 0.05) is 49.6 Å². The number of nitro groups is 1. The first-order valence-corrected chi connectivity index (χ1v) is 9.10. The molecule has 1 atom stereocenters. The number of carbonyl (C=O) groups excluding carboxylic acids is 2. The van der Waals surface area contributed by atoms with Gasteiger partial charge in [0.2, 0.25) is 5.91 Å². The molecule has 8 heteroatoms. The highest BCUT2D eigenvalue weighted by Crippen LogP contribution is 2.20. The van der Waals surface area contributed by atoms with Gasteiger partial charge in [0.05, 0.1) is 4.92 Å². The van der Waals surface area contributed by atoms with Gasteiger partial charge >= 0.3 is 0 Å². The maximum absolute atomic E-state index is 12.6. The van der Waals surface area contributed by atoms with Crippen molar-refractivity contribution in [3.8, 4) is 0 Å². The Labute approximate surface area is 162 Å². The summed E-state index contributed by atoms with van der Waals surface area (Å²) in [5.41, 5.74) is 1.47. The van der Waals surface area contributed by atoms with Gasteiger partial charge in [-0.05, 0) is 31.2 Å². The van der Waals surface area contributed by atoms with Gasteiger partial charge in [-0.25, -0.2) is 0 Å². The van der Waals surface area contributed by atoms with Gasteiger partial charge in [-0.15, -0.1) is 0 Å². The van der Waals surface area contributed by atoms with E-state index in [1.54, 1.807) is 48.2 Å². The quantitative estimate of drug-likeness (QED) is 0.631. The molecule has 1 aliphatic rings. The molecule has 2 aromatic rings. The summed E-state index contributed by atoms with van der Waals surface area (Å²) in [6.07, 6.45) is 0. The monoisotopic (exact) mass is 382 g/mol. The van der Waals surface area contributed by atoms with Crippen molar-refractivity contribution in [3.63, 3.8) is 0 Å². The number of hydrogen-bond acceptors (Lipinski definition) is 5. The van der Waals surface area contributed by atoms with E-state index >= 15 is 0 Å². The van der Waals surface area contributed by atoms with Crippen LogP contribution >= 0.6 is 0 Å². The van der Waals surface area contributed by atoms with E-state index in [0.717, 1.165) is 5.69 Å². The van der Waals surface area contributed by atoms with Crippen LogP contribution < -0.4 is 10.2 Å². The van der Waals surface area contributed by atoms with Gasteiger partial charge in [0.15, 0.2) is 0 Å². The standard InChI is InChI=1S/C20H22N4O4/c1-15(21-19(25)16-5-3-2-4-6-16)20(26)23-13-11-22(12-14-23)17-7-9-18(10-8-17)24(27)28/h2-10,15H,11-14H2,1H3,(H,21,25). The van der Waals surface area contributed by atoms with E-state index in [0.29, 0.717) is 31.7 Å². The van der Waals surface area contributed by atoms with Crippen molar-refractivity contribution < 1.29 is 14.5 Å². The van der Waals surface area contributed by atoms with Crippen molar-refractivity contribution in [1.82, 2.24) is 10.2 Å². The van der Waals surface area contributed by atoms with Crippen LogP contribution in [0.4, 0.5) is 11.4 Å². The molecule has 28 heavy (non-hydrogen) atoms. The Morgan fingerprint density at radius 1 is 1.00 bits per heavy atom. The molecule has 1 fully saturated rings. The summed E-state index contributed by atoms with van der Waals surface area (Å²) in [6, 6.07) is 14.6. The van der Waals surface area contributed by atoms with Gasteiger partial charge in [0.25, 0.3) is 11.6 Å². The first-order chi connectivity index (χ1) is 13.5. The average Bonchev–Trinajstić information content (AvgIpc) is 2.74. The minimum atomic E-state index is -0.612. The summed E-state index contributed by atoms with van der Waals surface area (Å²) < 4.78 is 0. The molecule has 1 heterocycles. The van der Waals surface area contributed by atoms with E-state index in [9.17, 15) is 19.7 Å². The molecule has 8 nitrogen and oxygen atoms in total. The van der Waals surface area contributed by atoms with Crippen LogP contribution in [0.25, 0.3) is 0 Å². The van der Waals surface area contributed by atoms with Crippen molar-refractivity contribution in [1.29, 1.82) is 0 Å². The van der Waals surface area contributed by atoms with E-state index in [1.807, 2.05) is 6.07 Å². The minimum Gasteiger partial charge on any atom is -0.368 e. The number of hydrogen-bond donors (Lipinski definition) is 1. The zero-order chi connectivity index (χ0) is 20.1. The Morgan fingerprint density at radius 3 is 2.18 bits per heavy atom. The summed E-state index contributed by atoms with van der Waals surface area (Å²) in [6.45, 7) is 4.00. The van der Waals surface area contributed by atoms with E-state index in [4.69, 9.17) is 0 Å². The largest absolute Gasteiger partial charge is 0.368 e. The second kappa shape index (κ2) is 8.51. The van der Waals surface area contributed by atoms with Gasteiger partial charge in [0.1, 0.15) is 6.04 Å². The SMILES string of the molecule is CC(NC(=O)c1ccccc1)C(=O)N1CCN(c2ccc([N+](=O)[O-])cc2)CC1. The predicted molar refractivity (Wildman–Crippen MR) is 105 cm³/mol. The summed E-state index contributed by atoms with van der Waals surface area (Å²) in [5.74, 6) is -0.390. The number of nitrogens with one attached hydrogen (secondary N) is 1. The maximum Gasteiger partial charge on any atom is 0.269 e. The number of carbonyl (C=O) groups is 2. The predicted octanol–water partition coefficient (Wildman–Crippen LogP) is 2.06. The molecule has 0 aromatic heterocycles. The highest BCUT2D eigenvalue weighted by Gasteiger charge is 2.26. The molecular weight excluding hydrogens is 360 g/mol. The molecule has 1 unspecified atom stereocenters. The van der Waals surface area contributed by atoms with Gasteiger partial charge in [-0.3, -0.25) is 19.7 Å². The van der Waals surface area contributed by atoms with Crippen LogP contribution in [0.15, 0.2) is 54.6 Å².